The van der Waals surface area contributed by atoms with Gasteiger partial charge in [-0.15, -0.1) is 0 Å². The predicted molar refractivity (Wildman–Crippen MR) is 71.2 cm³/mol. The number of rotatable bonds is 4. The molecule has 1 aliphatic carbocycles. The normalized spacial score (nSPS) is 16.9. The molecule has 1 aromatic carbocycles. The Labute approximate surface area is 115 Å². The summed E-state index contributed by atoms with van der Waals surface area (Å²) in [7, 11) is -3.82. The highest BCUT2D eigenvalue weighted by Gasteiger charge is 2.41. The van der Waals surface area contributed by atoms with Gasteiger partial charge in [-0.05, 0) is 50.8 Å². The van der Waals surface area contributed by atoms with Crippen LogP contribution in [-0.4, -0.2) is 14.0 Å². The van der Waals surface area contributed by atoms with Crippen LogP contribution in [0.3, 0.4) is 0 Å². The van der Waals surface area contributed by atoms with Crippen LogP contribution in [0.2, 0.25) is 0 Å². The van der Waals surface area contributed by atoms with Gasteiger partial charge in [0.15, 0.2) is 0 Å². The molecule has 0 saturated heterocycles. The molecule has 0 amide bonds. The molecule has 0 aliphatic heterocycles. The van der Waals surface area contributed by atoms with Crippen LogP contribution in [0.15, 0.2) is 27.6 Å². The van der Waals surface area contributed by atoms with Crippen molar-refractivity contribution >= 4 is 26.0 Å². The Morgan fingerprint density at radius 1 is 1.39 bits per heavy atom. The monoisotopic (exact) mass is 335 g/mol. The van der Waals surface area contributed by atoms with Gasteiger partial charge in [-0.3, -0.25) is 0 Å². The van der Waals surface area contributed by atoms with Gasteiger partial charge in [-0.1, -0.05) is 15.9 Å². The van der Waals surface area contributed by atoms with Crippen LogP contribution in [0, 0.1) is 11.7 Å². The Morgan fingerprint density at radius 2 is 2.00 bits per heavy atom. The minimum Gasteiger partial charge on any atom is -0.207 e. The van der Waals surface area contributed by atoms with Crippen molar-refractivity contribution in [3.8, 4) is 0 Å². The van der Waals surface area contributed by atoms with Gasteiger partial charge in [-0.2, -0.15) is 0 Å². The van der Waals surface area contributed by atoms with Crippen LogP contribution in [0.4, 0.5) is 4.39 Å². The van der Waals surface area contributed by atoms with Crippen LogP contribution < -0.4 is 4.72 Å². The molecule has 0 spiro atoms. The van der Waals surface area contributed by atoms with E-state index in [-0.39, 0.29) is 4.90 Å². The number of benzene rings is 1. The summed E-state index contributed by atoms with van der Waals surface area (Å²) in [6, 6.07) is 3.94. The van der Waals surface area contributed by atoms with Crippen LogP contribution in [0.5, 0.6) is 0 Å². The lowest BCUT2D eigenvalue weighted by atomic mass is 10.0. The van der Waals surface area contributed by atoms with E-state index in [4.69, 9.17) is 0 Å². The molecule has 0 heterocycles. The van der Waals surface area contributed by atoms with Crippen molar-refractivity contribution < 1.29 is 12.8 Å². The average Bonchev–Trinajstić information content (AvgIpc) is 2.97. The summed E-state index contributed by atoms with van der Waals surface area (Å²) >= 11 is 3.10. The van der Waals surface area contributed by atoms with Crippen molar-refractivity contribution in [2.45, 2.75) is 37.1 Å². The summed E-state index contributed by atoms with van der Waals surface area (Å²) < 4.78 is 41.1. The largest absolute Gasteiger partial charge is 0.243 e. The molecular formula is C12H15BrFNO2S. The van der Waals surface area contributed by atoms with Crippen molar-refractivity contribution in [2.24, 2.45) is 5.92 Å². The molecule has 0 radical (unpaired) electrons. The fourth-order valence-electron chi connectivity index (χ4n) is 1.98. The molecule has 0 bridgehead atoms. The fraction of sp³-hybridized carbons (Fsp3) is 0.500. The molecule has 100 valence electrons. The van der Waals surface area contributed by atoms with E-state index in [0.29, 0.717) is 10.4 Å². The second-order valence-corrected chi connectivity index (χ2v) is 7.74. The highest BCUT2D eigenvalue weighted by molar-refractivity contribution is 9.10. The van der Waals surface area contributed by atoms with E-state index in [2.05, 4.69) is 20.7 Å². The average molecular weight is 336 g/mol. The zero-order valence-electron chi connectivity index (χ0n) is 10.2. The van der Waals surface area contributed by atoms with Crippen molar-refractivity contribution in [3.05, 3.63) is 28.5 Å². The van der Waals surface area contributed by atoms with E-state index in [1.165, 1.54) is 12.1 Å². The van der Waals surface area contributed by atoms with Gasteiger partial charge in [-0.25, -0.2) is 17.5 Å². The molecule has 1 N–H and O–H groups in total. The maximum Gasteiger partial charge on any atom is 0.243 e. The third-order valence-electron chi connectivity index (χ3n) is 3.18. The molecule has 0 aromatic heterocycles. The third kappa shape index (κ3) is 2.92. The topological polar surface area (TPSA) is 46.2 Å². The number of hydrogen-bond acceptors (Lipinski definition) is 2. The van der Waals surface area contributed by atoms with Crippen LogP contribution >= 0.6 is 15.9 Å². The zero-order valence-corrected chi connectivity index (χ0v) is 12.6. The van der Waals surface area contributed by atoms with E-state index in [1.54, 1.807) is 0 Å². The van der Waals surface area contributed by atoms with E-state index in [0.717, 1.165) is 18.9 Å². The molecule has 1 aliphatic rings. The maximum absolute atomic E-state index is 13.7. The van der Waals surface area contributed by atoms with Gasteiger partial charge >= 0.3 is 0 Å². The summed E-state index contributed by atoms with van der Waals surface area (Å²) in [5.41, 5.74) is -0.529. The molecule has 0 atom stereocenters. The molecule has 6 heteroatoms. The second kappa shape index (κ2) is 4.58. The van der Waals surface area contributed by atoms with Gasteiger partial charge in [0.2, 0.25) is 10.0 Å². The summed E-state index contributed by atoms with van der Waals surface area (Å²) in [5, 5.41) is 0. The first kappa shape index (κ1) is 14.0. The summed E-state index contributed by atoms with van der Waals surface area (Å²) in [6.45, 7) is 3.66. The van der Waals surface area contributed by atoms with Crippen molar-refractivity contribution in [3.63, 3.8) is 0 Å². The number of sulfonamides is 1. The highest BCUT2D eigenvalue weighted by atomic mass is 79.9. The molecule has 18 heavy (non-hydrogen) atoms. The number of hydrogen-bond donors (Lipinski definition) is 1. The first-order valence-electron chi connectivity index (χ1n) is 5.71. The number of nitrogens with one attached hydrogen (secondary N) is 1. The lowest BCUT2D eigenvalue weighted by Gasteiger charge is -2.25. The molecule has 3 nitrogen and oxygen atoms in total. The number of halogens is 2. The maximum atomic E-state index is 13.7. The molecule has 1 fully saturated rings. The van der Waals surface area contributed by atoms with Crippen molar-refractivity contribution in [2.75, 3.05) is 0 Å². The Morgan fingerprint density at radius 3 is 2.50 bits per heavy atom. The Bertz CT molecular complexity index is 567. The standard InChI is InChI=1S/C12H15BrFNO2S/c1-12(2,8-3-4-8)15-18(16,17)11-6-5-9(13)7-10(11)14/h5-8,15H,3-4H2,1-2H3. The molecule has 0 unspecified atom stereocenters. The van der Waals surface area contributed by atoms with Gasteiger partial charge in [0, 0.05) is 10.0 Å². The highest BCUT2D eigenvalue weighted by Crippen LogP contribution is 2.40. The van der Waals surface area contributed by atoms with E-state index >= 15 is 0 Å². The van der Waals surface area contributed by atoms with E-state index in [1.807, 2.05) is 13.8 Å². The van der Waals surface area contributed by atoms with E-state index in [9.17, 15) is 12.8 Å². The fourth-order valence-corrected chi connectivity index (χ4v) is 3.85. The van der Waals surface area contributed by atoms with Crippen LogP contribution in [0.25, 0.3) is 0 Å². The van der Waals surface area contributed by atoms with E-state index < -0.39 is 21.4 Å². The lowest BCUT2D eigenvalue weighted by molar-refractivity contribution is 0.399. The van der Waals surface area contributed by atoms with Gasteiger partial charge in [0.05, 0.1) is 0 Å². The Kier molecular flexibility index (Phi) is 3.55. The van der Waals surface area contributed by atoms with Gasteiger partial charge in [0.25, 0.3) is 0 Å². The molecule has 1 aromatic rings. The van der Waals surface area contributed by atoms with Crippen LogP contribution in [0.1, 0.15) is 26.7 Å². The van der Waals surface area contributed by atoms with Crippen molar-refractivity contribution in [1.29, 1.82) is 0 Å². The Balaban J connectivity index is 2.30. The summed E-state index contributed by atoms with van der Waals surface area (Å²) in [4.78, 5) is -0.306. The lowest BCUT2D eigenvalue weighted by Crippen LogP contribution is -2.45. The smallest absolute Gasteiger partial charge is 0.207 e. The minimum atomic E-state index is -3.82. The minimum absolute atomic E-state index is 0.306. The van der Waals surface area contributed by atoms with Gasteiger partial charge < -0.3 is 0 Å². The quantitative estimate of drug-likeness (QED) is 0.919. The third-order valence-corrected chi connectivity index (χ3v) is 5.38. The molecule has 2 rings (SSSR count). The molecular weight excluding hydrogens is 321 g/mol. The van der Waals surface area contributed by atoms with Gasteiger partial charge in [0.1, 0.15) is 10.7 Å². The summed E-state index contributed by atoms with van der Waals surface area (Å²) in [5.74, 6) is -0.408. The zero-order chi connectivity index (χ0) is 13.6. The van der Waals surface area contributed by atoms with Crippen molar-refractivity contribution in [1.82, 2.24) is 4.72 Å². The van der Waals surface area contributed by atoms with Crippen LogP contribution in [-0.2, 0) is 10.0 Å². The Hall–Kier alpha value is -0.460. The first-order chi connectivity index (χ1) is 8.22. The predicted octanol–water partition coefficient (Wildman–Crippen LogP) is 3.06. The molecule has 1 saturated carbocycles. The SMILES string of the molecule is CC(C)(NS(=O)(=O)c1ccc(Br)cc1F)C1CC1. The summed E-state index contributed by atoms with van der Waals surface area (Å²) in [6.07, 6.45) is 2.02. The first-order valence-corrected chi connectivity index (χ1v) is 7.99. The second-order valence-electron chi connectivity index (χ2n) is 5.18.